The molecule has 1 aromatic heterocycles. The lowest BCUT2D eigenvalue weighted by Gasteiger charge is -2.26. The summed E-state index contributed by atoms with van der Waals surface area (Å²) in [6, 6.07) is 20.0. The van der Waals surface area contributed by atoms with Gasteiger partial charge in [0, 0.05) is 22.7 Å². The Hall–Kier alpha value is -3.64. The van der Waals surface area contributed by atoms with Crippen LogP contribution in [0.4, 0.5) is 4.39 Å². The van der Waals surface area contributed by atoms with Gasteiger partial charge in [0.2, 0.25) is 0 Å². The van der Waals surface area contributed by atoms with E-state index >= 15 is 0 Å². The van der Waals surface area contributed by atoms with Crippen LogP contribution < -0.4 is 0 Å². The minimum absolute atomic E-state index is 0.0231. The van der Waals surface area contributed by atoms with Gasteiger partial charge in [0.1, 0.15) is 23.0 Å². The van der Waals surface area contributed by atoms with Crippen LogP contribution in [0, 0.1) is 5.82 Å². The minimum Gasteiger partial charge on any atom is -0.507 e. The Morgan fingerprint density at radius 3 is 2.55 bits per heavy atom. The van der Waals surface area contributed by atoms with Gasteiger partial charge in [-0.2, -0.15) is 5.10 Å². The molecule has 31 heavy (non-hydrogen) atoms. The molecule has 1 aliphatic rings. The fraction of sp³-hybridized carbons (Fsp3) is 0.0833. The molecule has 7 heteroatoms. The first-order valence-electron chi connectivity index (χ1n) is 9.70. The van der Waals surface area contributed by atoms with E-state index in [9.17, 15) is 14.3 Å². The molecule has 3 aromatic carbocycles. The van der Waals surface area contributed by atoms with Gasteiger partial charge in [-0.1, -0.05) is 54.1 Å². The molecular formula is C24H17ClFN3O2. The van der Waals surface area contributed by atoms with E-state index in [2.05, 4.69) is 10.2 Å². The van der Waals surface area contributed by atoms with Crippen molar-refractivity contribution in [3.05, 3.63) is 106 Å². The predicted octanol–water partition coefficient (Wildman–Crippen LogP) is 5.32. The molecule has 4 aromatic rings. The number of hydrogen-bond donors (Lipinski definition) is 2. The number of halogens is 2. The van der Waals surface area contributed by atoms with E-state index in [-0.39, 0.29) is 17.5 Å². The van der Waals surface area contributed by atoms with Gasteiger partial charge in [0.05, 0.1) is 6.04 Å². The van der Waals surface area contributed by atoms with E-state index in [0.29, 0.717) is 34.1 Å². The number of carbonyl (C=O) groups is 1. The number of phenolic OH excluding ortho intramolecular Hbond substituents is 1. The number of rotatable bonds is 4. The number of H-pyrrole nitrogens is 1. The second-order valence-corrected chi connectivity index (χ2v) is 7.83. The molecule has 2 N–H and O–H groups in total. The zero-order valence-electron chi connectivity index (χ0n) is 16.2. The Balaban J connectivity index is 1.66. The molecule has 154 valence electrons. The summed E-state index contributed by atoms with van der Waals surface area (Å²) >= 11 is 6.16. The summed E-state index contributed by atoms with van der Waals surface area (Å²) < 4.78 is 13.4. The highest BCUT2D eigenvalue weighted by molar-refractivity contribution is 6.31. The topological polar surface area (TPSA) is 69.2 Å². The van der Waals surface area contributed by atoms with Crippen molar-refractivity contribution in [2.75, 3.05) is 0 Å². The number of nitrogens with zero attached hydrogens (tertiary/aromatic N) is 2. The van der Waals surface area contributed by atoms with Crippen LogP contribution in [0.2, 0.25) is 5.02 Å². The Morgan fingerprint density at radius 2 is 1.81 bits per heavy atom. The predicted molar refractivity (Wildman–Crippen MR) is 115 cm³/mol. The van der Waals surface area contributed by atoms with Crippen molar-refractivity contribution < 1.29 is 14.3 Å². The highest BCUT2D eigenvalue weighted by atomic mass is 35.5. The van der Waals surface area contributed by atoms with Gasteiger partial charge in [-0.25, -0.2) is 4.39 Å². The zero-order chi connectivity index (χ0) is 21.5. The van der Waals surface area contributed by atoms with E-state index < -0.39 is 6.04 Å². The van der Waals surface area contributed by atoms with Gasteiger partial charge < -0.3 is 10.0 Å². The molecule has 1 aliphatic heterocycles. The lowest BCUT2D eigenvalue weighted by Crippen LogP contribution is -2.29. The molecule has 5 nitrogen and oxygen atoms in total. The van der Waals surface area contributed by atoms with Gasteiger partial charge >= 0.3 is 0 Å². The van der Waals surface area contributed by atoms with Crippen LogP contribution in [0.5, 0.6) is 5.75 Å². The molecule has 0 radical (unpaired) electrons. The van der Waals surface area contributed by atoms with E-state index in [4.69, 9.17) is 11.6 Å². The maximum atomic E-state index is 13.4. The number of carbonyl (C=O) groups excluding carboxylic acids is 1. The average Bonchev–Trinajstić information content (AvgIpc) is 3.31. The average molecular weight is 434 g/mol. The molecule has 1 unspecified atom stereocenters. The molecule has 0 saturated heterocycles. The minimum atomic E-state index is -0.430. The molecule has 1 atom stereocenters. The van der Waals surface area contributed by atoms with Crippen molar-refractivity contribution in [3.8, 4) is 17.0 Å². The van der Waals surface area contributed by atoms with Crippen LogP contribution in [-0.4, -0.2) is 26.1 Å². The maximum absolute atomic E-state index is 13.4. The number of aromatic amines is 1. The van der Waals surface area contributed by atoms with Crippen LogP contribution in [-0.2, 0) is 6.54 Å². The van der Waals surface area contributed by atoms with Crippen LogP contribution in [0.15, 0.2) is 72.8 Å². The number of benzene rings is 3. The van der Waals surface area contributed by atoms with Crippen molar-refractivity contribution in [3.63, 3.8) is 0 Å². The fourth-order valence-corrected chi connectivity index (χ4v) is 4.20. The molecule has 0 aliphatic carbocycles. The Labute approximate surface area is 182 Å². The highest BCUT2D eigenvalue weighted by Crippen LogP contribution is 2.45. The first-order chi connectivity index (χ1) is 15.0. The summed E-state index contributed by atoms with van der Waals surface area (Å²) in [5.74, 6) is -0.521. The third kappa shape index (κ3) is 3.35. The fourth-order valence-electron chi connectivity index (χ4n) is 4.03. The standard InChI is InChI=1S/C24H17ClFN3O2/c25-16-8-11-19(30)18(12-16)21-20-22(28-27-21)24(31)29(13-14-6-9-17(26)10-7-14)23(20)15-4-2-1-3-5-15/h1-12,23,30H,13H2,(H,27,28). The zero-order valence-corrected chi connectivity index (χ0v) is 17.0. The first-order valence-corrected chi connectivity index (χ1v) is 10.1. The molecule has 0 spiro atoms. The Morgan fingerprint density at radius 1 is 1.06 bits per heavy atom. The van der Waals surface area contributed by atoms with Gasteiger partial charge in [-0.3, -0.25) is 9.89 Å². The molecule has 0 fully saturated rings. The molecule has 0 saturated carbocycles. The third-order valence-corrected chi connectivity index (χ3v) is 5.69. The number of phenols is 1. The van der Waals surface area contributed by atoms with Gasteiger partial charge in [-0.15, -0.1) is 0 Å². The van der Waals surface area contributed by atoms with Gasteiger partial charge in [0.25, 0.3) is 5.91 Å². The summed E-state index contributed by atoms with van der Waals surface area (Å²) in [6.45, 7) is 0.294. The van der Waals surface area contributed by atoms with E-state index in [1.807, 2.05) is 30.3 Å². The number of hydrogen-bond acceptors (Lipinski definition) is 3. The summed E-state index contributed by atoms with van der Waals surface area (Å²) in [5.41, 5.74) is 3.67. The summed E-state index contributed by atoms with van der Waals surface area (Å²) in [5, 5.41) is 18.1. The van der Waals surface area contributed by atoms with Crippen LogP contribution in [0.1, 0.15) is 33.2 Å². The Kier molecular flexibility index (Phi) is 4.71. The number of aromatic hydroxyl groups is 1. The van der Waals surface area contributed by atoms with Gasteiger partial charge in [-0.05, 0) is 41.5 Å². The van der Waals surface area contributed by atoms with Crippen molar-refractivity contribution in [1.82, 2.24) is 15.1 Å². The summed E-state index contributed by atoms with van der Waals surface area (Å²) in [6.07, 6.45) is 0. The summed E-state index contributed by atoms with van der Waals surface area (Å²) in [4.78, 5) is 15.1. The van der Waals surface area contributed by atoms with E-state index in [1.165, 1.54) is 18.2 Å². The van der Waals surface area contributed by atoms with E-state index in [1.54, 1.807) is 29.2 Å². The number of amides is 1. The normalized spacial score (nSPS) is 15.4. The largest absolute Gasteiger partial charge is 0.507 e. The maximum Gasteiger partial charge on any atom is 0.273 e. The molecule has 0 bridgehead atoms. The summed E-state index contributed by atoms with van der Waals surface area (Å²) in [7, 11) is 0. The van der Waals surface area contributed by atoms with E-state index in [0.717, 1.165) is 11.1 Å². The number of fused-ring (bicyclic) bond motifs is 1. The van der Waals surface area contributed by atoms with Crippen molar-refractivity contribution >= 4 is 17.5 Å². The van der Waals surface area contributed by atoms with Gasteiger partial charge in [0.15, 0.2) is 0 Å². The molecule has 2 heterocycles. The third-order valence-electron chi connectivity index (χ3n) is 5.46. The number of nitrogens with one attached hydrogen (secondary N) is 1. The highest BCUT2D eigenvalue weighted by Gasteiger charge is 2.42. The van der Waals surface area contributed by atoms with Crippen LogP contribution in [0.25, 0.3) is 11.3 Å². The lowest BCUT2D eigenvalue weighted by molar-refractivity contribution is 0.0730. The Bertz CT molecular complexity index is 1270. The number of aromatic nitrogens is 2. The molecule has 5 rings (SSSR count). The van der Waals surface area contributed by atoms with Crippen molar-refractivity contribution in [1.29, 1.82) is 0 Å². The second kappa shape index (κ2) is 7.56. The molecular weight excluding hydrogens is 417 g/mol. The second-order valence-electron chi connectivity index (χ2n) is 7.40. The van der Waals surface area contributed by atoms with Crippen molar-refractivity contribution in [2.45, 2.75) is 12.6 Å². The smallest absolute Gasteiger partial charge is 0.273 e. The van der Waals surface area contributed by atoms with Crippen molar-refractivity contribution in [2.24, 2.45) is 0 Å². The molecule has 1 amide bonds. The van der Waals surface area contributed by atoms with Crippen LogP contribution >= 0.6 is 11.6 Å². The van der Waals surface area contributed by atoms with Crippen LogP contribution in [0.3, 0.4) is 0 Å². The lowest BCUT2D eigenvalue weighted by atomic mass is 9.95. The first kappa shape index (κ1) is 19.3. The SMILES string of the molecule is O=C1c2[nH]nc(-c3cc(Cl)ccc3O)c2C(c2ccccc2)N1Cc1ccc(F)cc1. The quantitative estimate of drug-likeness (QED) is 0.457. The monoisotopic (exact) mass is 433 g/mol.